The third kappa shape index (κ3) is 3.55. The fourth-order valence-electron chi connectivity index (χ4n) is 3.15. The molecule has 3 heteroatoms. The Morgan fingerprint density at radius 3 is 2.53 bits per heavy atom. The van der Waals surface area contributed by atoms with E-state index in [4.69, 9.17) is 5.21 Å². The Hall–Kier alpha value is -0.860. The number of carbonyl (C=O) groups is 1. The van der Waals surface area contributed by atoms with Crippen molar-refractivity contribution in [3.8, 4) is 0 Å². The molecule has 0 heterocycles. The fourth-order valence-corrected chi connectivity index (χ4v) is 3.15. The highest BCUT2D eigenvalue weighted by Gasteiger charge is 2.43. The second-order valence-electron chi connectivity index (χ2n) is 6.45. The number of nitrogens with zero attached hydrogens (tertiary/aromatic N) is 1. The number of carbonyl (C=O) groups excluding carboxylic acids is 1. The molecular weight excluding hydrogens is 214 g/mol. The molecular formula is C14H25NO2. The van der Waals surface area contributed by atoms with E-state index in [0.29, 0.717) is 18.6 Å². The minimum absolute atomic E-state index is 0.0520. The van der Waals surface area contributed by atoms with Crippen molar-refractivity contribution < 1.29 is 10.0 Å². The second kappa shape index (κ2) is 5.19. The highest BCUT2D eigenvalue weighted by molar-refractivity contribution is 5.94. The molecule has 0 aliphatic heterocycles. The molecule has 0 spiro atoms. The summed E-state index contributed by atoms with van der Waals surface area (Å²) in [5.74, 6) is 0.327. The van der Waals surface area contributed by atoms with Gasteiger partial charge < -0.3 is 5.21 Å². The summed E-state index contributed by atoms with van der Waals surface area (Å²) in [6.45, 7) is 8.41. The van der Waals surface area contributed by atoms with Gasteiger partial charge in [-0.1, -0.05) is 39.3 Å². The normalized spacial score (nSPS) is 30.5. The average Bonchev–Trinajstić information content (AvgIpc) is 2.23. The summed E-state index contributed by atoms with van der Waals surface area (Å²) in [6, 6.07) is 0. The molecule has 0 aromatic heterocycles. The topological polar surface area (TPSA) is 49.7 Å². The first kappa shape index (κ1) is 14.2. The molecule has 1 N–H and O–H groups in total. The second-order valence-corrected chi connectivity index (χ2v) is 6.45. The number of hydrogen-bond donors (Lipinski definition) is 1. The monoisotopic (exact) mass is 239 g/mol. The third-order valence-corrected chi connectivity index (χ3v) is 3.72. The molecule has 0 aromatic carbocycles. The van der Waals surface area contributed by atoms with Crippen molar-refractivity contribution in [3.05, 3.63) is 0 Å². The zero-order valence-corrected chi connectivity index (χ0v) is 11.5. The molecule has 1 atom stereocenters. The summed E-state index contributed by atoms with van der Waals surface area (Å²) in [4.78, 5) is 12.3. The number of rotatable bonds is 4. The molecule has 0 aromatic rings. The molecule has 0 bridgehead atoms. The van der Waals surface area contributed by atoms with Crippen molar-refractivity contribution in [2.75, 3.05) is 0 Å². The van der Waals surface area contributed by atoms with Gasteiger partial charge in [-0.15, -0.1) is 0 Å². The van der Waals surface area contributed by atoms with Crippen LogP contribution in [0.2, 0.25) is 0 Å². The summed E-state index contributed by atoms with van der Waals surface area (Å²) >= 11 is 0. The minimum atomic E-state index is -0.335. The van der Waals surface area contributed by atoms with Crippen molar-refractivity contribution in [1.29, 1.82) is 0 Å². The molecule has 17 heavy (non-hydrogen) atoms. The van der Waals surface area contributed by atoms with Gasteiger partial charge in [-0.25, -0.2) is 0 Å². The van der Waals surface area contributed by atoms with Crippen LogP contribution >= 0.6 is 0 Å². The van der Waals surface area contributed by atoms with Crippen molar-refractivity contribution in [2.45, 2.75) is 66.2 Å². The summed E-state index contributed by atoms with van der Waals surface area (Å²) in [5.41, 5.74) is 0.489. The Bertz CT molecular complexity index is 320. The molecule has 1 fully saturated rings. The molecule has 1 rings (SSSR count). The van der Waals surface area contributed by atoms with Gasteiger partial charge in [0, 0.05) is 18.3 Å². The number of Topliss-reactive ketones (excluding diaryl/α,β-unsaturated/α-hetero) is 1. The summed E-state index contributed by atoms with van der Waals surface area (Å²) < 4.78 is 0. The van der Waals surface area contributed by atoms with Gasteiger partial charge in [-0.05, 0) is 24.7 Å². The largest absolute Gasteiger partial charge is 0.411 e. The van der Waals surface area contributed by atoms with Crippen molar-refractivity contribution >= 4 is 11.5 Å². The number of ketones is 1. The quantitative estimate of drug-likeness (QED) is 0.599. The maximum Gasteiger partial charge on any atom is 0.139 e. The van der Waals surface area contributed by atoms with Gasteiger partial charge in [0.05, 0.1) is 5.71 Å². The fraction of sp³-hybridized carbons (Fsp3) is 0.857. The van der Waals surface area contributed by atoms with E-state index in [9.17, 15) is 4.79 Å². The summed E-state index contributed by atoms with van der Waals surface area (Å²) in [7, 11) is 0. The van der Waals surface area contributed by atoms with Gasteiger partial charge in [0.25, 0.3) is 0 Å². The van der Waals surface area contributed by atoms with Crippen LogP contribution in [0.1, 0.15) is 66.2 Å². The minimum Gasteiger partial charge on any atom is -0.411 e. The van der Waals surface area contributed by atoms with Crippen LogP contribution in [0.4, 0.5) is 0 Å². The van der Waals surface area contributed by atoms with Crippen LogP contribution in [0.3, 0.4) is 0 Å². The predicted molar refractivity (Wildman–Crippen MR) is 69.5 cm³/mol. The molecule has 1 aliphatic rings. The van der Waals surface area contributed by atoms with Crippen LogP contribution in [0.15, 0.2) is 5.16 Å². The Morgan fingerprint density at radius 2 is 2.00 bits per heavy atom. The molecule has 98 valence electrons. The highest BCUT2D eigenvalue weighted by Crippen LogP contribution is 2.46. The van der Waals surface area contributed by atoms with E-state index >= 15 is 0 Å². The van der Waals surface area contributed by atoms with Gasteiger partial charge in [-0.3, -0.25) is 4.79 Å². The van der Waals surface area contributed by atoms with E-state index in [0.717, 1.165) is 31.4 Å². The van der Waals surface area contributed by atoms with Crippen molar-refractivity contribution in [3.63, 3.8) is 0 Å². The van der Waals surface area contributed by atoms with E-state index in [-0.39, 0.29) is 10.8 Å². The van der Waals surface area contributed by atoms with Crippen LogP contribution in [0.25, 0.3) is 0 Å². The van der Waals surface area contributed by atoms with Crippen molar-refractivity contribution in [2.24, 2.45) is 16.0 Å². The van der Waals surface area contributed by atoms with Crippen LogP contribution in [0, 0.1) is 10.8 Å². The van der Waals surface area contributed by atoms with Crippen molar-refractivity contribution in [1.82, 2.24) is 0 Å². The maximum atomic E-state index is 12.3. The molecule has 1 unspecified atom stereocenters. The molecule has 0 radical (unpaired) electrons. The Morgan fingerprint density at radius 1 is 1.35 bits per heavy atom. The number of oxime groups is 1. The first-order valence-electron chi connectivity index (χ1n) is 6.56. The molecule has 3 nitrogen and oxygen atoms in total. The van der Waals surface area contributed by atoms with Gasteiger partial charge in [-0.2, -0.15) is 0 Å². The number of unbranched alkanes of at least 4 members (excludes halogenated alkanes) is 1. The van der Waals surface area contributed by atoms with Gasteiger partial charge in [0.15, 0.2) is 0 Å². The van der Waals surface area contributed by atoms with Gasteiger partial charge >= 0.3 is 0 Å². The summed E-state index contributed by atoms with van der Waals surface area (Å²) in [5, 5.41) is 12.4. The van der Waals surface area contributed by atoms with Gasteiger partial charge in [0.2, 0.25) is 0 Å². The van der Waals surface area contributed by atoms with Crippen LogP contribution in [0.5, 0.6) is 0 Å². The third-order valence-electron chi connectivity index (χ3n) is 3.72. The lowest BCUT2D eigenvalue weighted by Gasteiger charge is -2.42. The van der Waals surface area contributed by atoms with Crippen LogP contribution in [-0.2, 0) is 4.79 Å². The van der Waals surface area contributed by atoms with E-state index in [1.165, 1.54) is 0 Å². The lowest BCUT2D eigenvalue weighted by Crippen LogP contribution is -2.41. The Labute approximate surface area is 104 Å². The standard InChI is InChI=1S/C14H25NO2/c1-5-6-7-12(16)14(4)9-11(15-17)8-13(2,3)10-14/h17H,5-10H2,1-4H3/b15-11-. The smallest absolute Gasteiger partial charge is 0.139 e. The first-order chi connectivity index (χ1) is 7.83. The molecule has 0 saturated heterocycles. The lowest BCUT2D eigenvalue weighted by molar-refractivity contribution is -0.130. The molecule has 0 amide bonds. The van der Waals surface area contributed by atoms with E-state index in [1.807, 2.05) is 6.92 Å². The van der Waals surface area contributed by atoms with E-state index < -0.39 is 0 Å². The number of hydrogen-bond acceptors (Lipinski definition) is 3. The first-order valence-corrected chi connectivity index (χ1v) is 6.56. The van der Waals surface area contributed by atoms with Gasteiger partial charge in [0.1, 0.15) is 5.78 Å². The average molecular weight is 239 g/mol. The van der Waals surface area contributed by atoms with E-state index in [1.54, 1.807) is 0 Å². The Kier molecular flexibility index (Phi) is 4.34. The lowest BCUT2D eigenvalue weighted by atomic mass is 9.61. The molecule has 1 saturated carbocycles. The predicted octanol–water partition coefficient (Wildman–Crippen LogP) is 3.79. The zero-order valence-electron chi connectivity index (χ0n) is 11.5. The maximum absolute atomic E-state index is 12.3. The SMILES string of the molecule is CCCCC(=O)C1(C)C/C(=N\O)CC(C)(C)C1. The Balaban J connectivity index is 2.83. The van der Waals surface area contributed by atoms with Crippen LogP contribution < -0.4 is 0 Å². The van der Waals surface area contributed by atoms with E-state index in [2.05, 4.69) is 25.9 Å². The molecule has 1 aliphatic carbocycles. The summed E-state index contributed by atoms with van der Waals surface area (Å²) in [6.07, 6.45) is 4.96. The zero-order chi connectivity index (χ0) is 13.1. The highest BCUT2D eigenvalue weighted by atomic mass is 16.4. The van der Waals surface area contributed by atoms with Crippen LogP contribution in [-0.4, -0.2) is 16.7 Å².